The molecule has 120 valence electrons. The van der Waals surface area contributed by atoms with Crippen molar-refractivity contribution in [3.63, 3.8) is 0 Å². The molecule has 0 unspecified atom stereocenters. The number of anilines is 2. The molecule has 21 heavy (non-hydrogen) atoms. The van der Waals surface area contributed by atoms with Crippen LogP contribution in [0.3, 0.4) is 0 Å². The highest BCUT2D eigenvalue weighted by Gasteiger charge is 2.30. The smallest absolute Gasteiger partial charge is 0.167 e. The molecular formula is C14H23FN2O3S. The van der Waals surface area contributed by atoms with Crippen LogP contribution in [0.25, 0.3) is 0 Å². The Bertz CT molecular complexity index is 600. The van der Waals surface area contributed by atoms with Crippen molar-refractivity contribution in [3.8, 4) is 5.75 Å². The van der Waals surface area contributed by atoms with Crippen molar-refractivity contribution in [3.05, 3.63) is 17.9 Å². The molecule has 0 amide bonds. The first kappa shape index (κ1) is 17.6. The zero-order valence-corrected chi connectivity index (χ0v) is 13.7. The second-order valence-electron chi connectivity index (χ2n) is 5.60. The van der Waals surface area contributed by atoms with Crippen LogP contribution in [-0.2, 0) is 9.84 Å². The number of nitrogens with two attached hydrogens (primary N) is 1. The Morgan fingerprint density at radius 2 is 2.00 bits per heavy atom. The summed E-state index contributed by atoms with van der Waals surface area (Å²) in [5.41, 5.74) is 6.42. The quantitative estimate of drug-likeness (QED) is 0.755. The summed E-state index contributed by atoms with van der Waals surface area (Å²) in [7, 11) is -3.23. The van der Waals surface area contributed by atoms with Gasteiger partial charge >= 0.3 is 0 Å². The number of benzene rings is 1. The first-order valence-electron chi connectivity index (χ1n) is 6.74. The Kier molecular flexibility index (Phi) is 5.44. The number of hydrogen-bond acceptors (Lipinski definition) is 5. The van der Waals surface area contributed by atoms with Crippen molar-refractivity contribution in [2.45, 2.75) is 31.9 Å². The van der Waals surface area contributed by atoms with E-state index in [2.05, 4.69) is 5.32 Å². The van der Waals surface area contributed by atoms with E-state index in [-0.39, 0.29) is 18.0 Å². The van der Waals surface area contributed by atoms with Gasteiger partial charge in [0.1, 0.15) is 0 Å². The molecule has 0 aliphatic rings. The topological polar surface area (TPSA) is 81.4 Å². The van der Waals surface area contributed by atoms with Crippen molar-refractivity contribution in [1.29, 1.82) is 0 Å². The van der Waals surface area contributed by atoms with Gasteiger partial charge in [0, 0.05) is 24.9 Å². The average Bonchev–Trinajstić information content (AvgIpc) is 2.35. The molecule has 5 nitrogen and oxygen atoms in total. The van der Waals surface area contributed by atoms with Crippen molar-refractivity contribution in [1.82, 2.24) is 0 Å². The minimum absolute atomic E-state index is 0.103. The van der Waals surface area contributed by atoms with Gasteiger partial charge in [-0.1, -0.05) is 6.92 Å². The fourth-order valence-corrected chi connectivity index (χ4v) is 1.82. The Balaban J connectivity index is 2.93. The summed E-state index contributed by atoms with van der Waals surface area (Å²) in [6.45, 7) is 5.71. The molecule has 7 heteroatoms. The minimum atomic E-state index is -3.23. The van der Waals surface area contributed by atoms with E-state index >= 15 is 0 Å². The summed E-state index contributed by atoms with van der Waals surface area (Å²) in [4.78, 5) is 0. The van der Waals surface area contributed by atoms with Crippen molar-refractivity contribution in [2.75, 3.05) is 30.5 Å². The van der Waals surface area contributed by atoms with E-state index in [1.54, 1.807) is 13.8 Å². The van der Waals surface area contributed by atoms with Crippen molar-refractivity contribution in [2.24, 2.45) is 0 Å². The zero-order valence-electron chi connectivity index (χ0n) is 12.9. The lowest BCUT2D eigenvalue weighted by Crippen LogP contribution is -2.38. The van der Waals surface area contributed by atoms with Crippen LogP contribution in [0.2, 0.25) is 0 Å². The SMILES string of the molecule is CCCOc1cc(NCC(C)(C)S(C)(=O)=O)c(N)cc1F. The maximum Gasteiger partial charge on any atom is 0.167 e. The maximum atomic E-state index is 13.7. The summed E-state index contributed by atoms with van der Waals surface area (Å²) in [6, 6.07) is 2.62. The van der Waals surface area contributed by atoms with Crippen LogP contribution in [-0.4, -0.2) is 32.6 Å². The van der Waals surface area contributed by atoms with E-state index in [0.29, 0.717) is 12.3 Å². The number of nitrogen functional groups attached to an aromatic ring is 1. The lowest BCUT2D eigenvalue weighted by Gasteiger charge is -2.24. The molecule has 1 aromatic carbocycles. The first-order chi connectivity index (χ1) is 9.58. The van der Waals surface area contributed by atoms with Crippen LogP contribution in [0.1, 0.15) is 27.2 Å². The lowest BCUT2D eigenvalue weighted by molar-refractivity contribution is 0.301. The molecule has 0 heterocycles. The fourth-order valence-electron chi connectivity index (χ4n) is 1.48. The standard InChI is InChI=1S/C14H23FN2O3S/c1-5-6-20-13-8-12(11(16)7-10(13)15)17-9-14(2,3)21(4,18)19/h7-8,17H,5-6,9,16H2,1-4H3. The predicted octanol–water partition coefficient (Wildman–Crippen LogP) is 2.43. The molecule has 1 aromatic rings. The number of nitrogens with one attached hydrogen (secondary N) is 1. The lowest BCUT2D eigenvalue weighted by atomic mass is 10.2. The van der Waals surface area contributed by atoms with E-state index in [0.717, 1.165) is 6.42 Å². The average molecular weight is 318 g/mol. The second-order valence-corrected chi connectivity index (χ2v) is 8.25. The van der Waals surface area contributed by atoms with Gasteiger partial charge in [0.25, 0.3) is 0 Å². The number of halogens is 1. The van der Waals surface area contributed by atoms with Crippen LogP contribution < -0.4 is 15.8 Å². The molecule has 0 radical (unpaired) electrons. The van der Waals surface area contributed by atoms with Gasteiger partial charge in [-0.05, 0) is 20.3 Å². The number of sulfone groups is 1. The third-order valence-electron chi connectivity index (χ3n) is 3.27. The van der Waals surface area contributed by atoms with Crippen LogP contribution >= 0.6 is 0 Å². The highest BCUT2D eigenvalue weighted by molar-refractivity contribution is 7.92. The number of rotatable bonds is 7. The van der Waals surface area contributed by atoms with Crippen LogP contribution in [0.5, 0.6) is 5.75 Å². The highest BCUT2D eigenvalue weighted by Crippen LogP contribution is 2.29. The van der Waals surface area contributed by atoms with Crippen LogP contribution in [0, 0.1) is 5.82 Å². The maximum absolute atomic E-state index is 13.7. The van der Waals surface area contributed by atoms with E-state index in [4.69, 9.17) is 10.5 Å². The van der Waals surface area contributed by atoms with E-state index in [1.807, 2.05) is 6.92 Å². The molecule has 0 saturated carbocycles. The Hall–Kier alpha value is -1.50. The molecule has 0 spiro atoms. The minimum Gasteiger partial charge on any atom is -0.490 e. The molecule has 0 aliphatic carbocycles. The van der Waals surface area contributed by atoms with Gasteiger partial charge in [-0.3, -0.25) is 0 Å². The van der Waals surface area contributed by atoms with Gasteiger partial charge in [0.05, 0.1) is 22.7 Å². The molecule has 0 aliphatic heterocycles. The first-order valence-corrected chi connectivity index (χ1v) is 8.63. The molecule has 0 fully saturated rings. The van der Waals surface area contributed by atoms with Crippen molar-refractivity contribution < 1.29 is 17.5 Å². The number of hydrogen-bond donors (Lipinski definition) is 2. The van der Waals surface area contributed by atoms with Gasteiger partial charge in [-0.25, -0.2) is 12.8 Å². The predicted molar refractivity (Wildman–Crippen MR) is 84.0 cm³/mol. The summed E-state index contributed by atoms with van der Waals surface area (Å²) >= 11 is 0. The van der Waals surface area contributed by atoms with Gasteiger partial charge in [-0.15, -0.1) is 0 Å². The normalized spacial score (nSPS) is 12.2. The van der Waals surface area contributed by atoms with E-state index in [9.17, 15) is 12.8 Å². The van der Waals surface area contributed by atoms with Crippen LogP contribution in [0.15, 0.2) is 12.1 Å². The third-order valence-corrected chi connectivity index (χ3v) is 5.43. The second kappa shape index (κ2) is 6.51. The van der Waals surface area contributed by atoms with Crippen molar-refractivity contribution >= 4 is 21.2 Å². The van der Waals surface area contributed by atoms with Gasteiger partial charge < -0.3 is 15.8 Å². The largest absolute Gasteiger partial charge is 0.490 e. The molecular weight excluding hydrogens is 295 g/mol. The highest BCUT2D eigenvalue weighted by atomic mass is 32.2. The molecule has 0 aromatic heterocycles. The Labute approximate surface area is 125 Å². The summed E-state index contributed by atoms with van der Waals surface area (Å²) < 4.78 is 41.4. The molecule has 0 atom stereocenters. The van der Waals surface area contributed by atoms with Crippen LogP contribution in [0.4, 0.5) is 15.8 Å². The zero-order chi connectivity index (χ0) is 16.3. The summed E-state index contributed by atoms with van der Waals surface area (Å²) in [5.74, 6) is -0.431. The Morgan fingerprint density at radius 1 is 1.38 bits per heavy atom. The monoisotopic (exact) mass is 318 g/mol. The number of ether oxygens (including phenoxy) is 1. The van der Waals surface area contributed by atoms with E-state index in [1.165, 1.54) is 18.4 Å². The fraction of sp³-hybridized carbons (Fsp3) is 0.571. The molecule has 1 rings (SSSR count). The van der Waals surface area contributed by atoms with E-state index < -0.39 is 20.4 Å². The molecule has 0 saturated heterocycles. The van der Waals surface area contributed by atoms with Gasteiger partial charge in [0.2, 0.25) is 0 Å². The summed E-state index contributed by atoms with van der Waals surface area (Å²) in [6.07, 6.45) is 1.94. The summed E-state index contributed by atoms with van der Waals surface area (Å²) in [5, 5.41) is 2.95. The van der Waals surface area contributed by atoms with Gasteiger partial charge in [0.15, 0.2) is 21.4 Å². The Morgan fingerprint density at radius 3 is 2.52 bits per heavy atom. The molecule has 3 N–H and O–H groups in total. The van der Waals surface area contributed by atoms with Gasteiger partial charge in [-0.2, -0.15) is 0 Å². The third kappa shape index (κ3) is 4.49. The molecule has 0 bridgehead atoms.